The number of carbonyl (C=O) groups excluding carboxylic acids is 3. The van der Waals surface area contributed by atoms with Crippen LogP contribution in [0.25, 0.3) is 0 Å². The highest BCUT2D eigenvalue weighted by Gasteiger charge is 2.19. The van der Waals surface area contributed by atoms with Crippen LogP contribution in [0.4, 0.5) is 0 Å². The van der Waals surface area contributed by atoms with Crippen molar-refractivity contribution in [2.75, 3.05) is 13.2 Å². The van der Waals surface area contributed by atoms with Crippen molar-refractivity contribution in [2.45, 2.75) is 316 Å². The van der Waals surface area contributed by atoms with Crippen molar-refractivity contribution in [3.8, 4) is 0 Å². The number of esters is 3. The summed E-state index contributed by atoms with van der Waals surface area (Å²) >= 11 is 0. The summed E-state index contributed by atoms with van der Waals surface area (Å²) in [5.41, 5.74) is 0. The van der Waals surface area contributed by atoms with Gasteiger partial charge in [-0.25, -0.2) is 0 Å². The lowest BCUT2D eigenvalue weighted by atomic mass is 10.0. The lowest BCUT2D eigenvalue weighted by Crippen LogP contribution is -2.30. The summed E-state index contributed by atoms with van der Waals surface area (Å²) in [6.45, 7) is 6.55. The molecule has 0 aliphatic rings. The van der Waals surface area contributed by atoms with E-state index in [1.165, 1.54) is 173 Å². The van der Waals surface area contributed by atoms with E-state index in [-0.39, 0.29) is 31.1 Å². The average molecular weight is 928 g/mol. The van der Waals surface area contributed by atoms with Crippen molar-refractivity contribution < 1.29 is 28.6 Å². The maximum Gasteiger partial charge on any atom is 0.306 e. The Morgan fingerprint density at radius 2 is 0.591 bits per heavy atom. The molecular formula is C60H110O6. The van der Waals surface area contributed by atoms with Gasteiger partial charge in [0.15, 0.2) is 6.10 Å². The summed E-state index contributed by atoms with van der Waals surface area (Å²) in [7, 11) is 0. The van der Waals surface area contributed by atoms with E-state index in [0.29, 0.717) is 19.3 Å². The largest absolute Gasteiger partial charge is 0.462 e. The third kappa shape index (κ3) is 52.6. The minimum Gasteiger partial charge on any atom is -0.462 e. The van der Waals surface area contributed by atoms with E-state index in [1.54, 1.807) is 0 Å². The zero-order chi connectivity index (χ0) is 47.9. The van der Waals surface area contributed by atoms with E-state index in [0.717, 1.165) is 96.3 Å². The van der Waals surface area contributed by atoms with Gasteiger partial charge in [0.05, 0.1) is 0 Å². The zero-order valence-corrected chi connectivity index (χ0v) is 44.2. The molecule has 386 valence electrons. The molecule has 6 heteroatoms. The Labute approximate surface area is 410 Å². The number of ether oxygens (including phenoxy) is 3. The van der Waals surface area contributed by atoms with E-state index in [1.807, 2.05) is 0 Å². The number of hydrogen-bond acceptors (Lipinski definition) is 6. The number of rotatable bonds is 53. The molecule has 0 N–H and O–H groups in total. The van der Waals surface area contributed by atoms with E-state index in [9.17, 15) is 14.4 Å². The number of carbonyl (C=O) groups is 3. The van der Waals surface area contributed by atoms with Gasteiger partial charge in [-0.05, 0) is 51.4 Å². The zero-order valence-electron chi connectivity index (χ0n) is 44.2. The monoisotopic (exact) mass is 927 g/mol. The smallest absolute Gasteiger partial charge is 0.306 e. The first-order valence-corrected chi connectivity index (χ1v) is 29.0. The molecule has 0 radical (unpaired) electrons. The summed E-state index contributed by atoms with van der Waals surface area (Å²) in [6.07, 6.45) is 65.7. The van der Waals surface area contributed by atoms with E-state index >= 15 is 0 Å². The third-order valence-electron chi connectivity index (χ3n) is 12.9. The molecule has 6 nitrogen and oxygen atoms in total. The first-order valence-electron chi connectivity index (χ1n) is 29.0. The molecule has 0 spiro atoms. The highest BCUT2D eigenvalue weighted by molar-refractivity contribution is 5.71. The lowest BCUT2D eigenvalue weighted by molar-refractivity contribution is -0.167. The van der Waals surface area contributed by atoms with Crippen LogP contribution in [0, 0.1) is 0 Å². The molecule has 0 aromatic heterocycles. The molecule has 0 bridgehead atoms. The molecule has 0 heterocycles. The Morgan fingerprint density at radius 3 is 0.924 bits per heavy atom. The fraction of sp³-hybridized carbons (Fsp3) is 0.850. The molecule has 0 aliphatic heterocycles. The normalized spacial score (nSPS) is 12.2. The Bertz CT molecular complexity index is 1110. The molecule has 0 aromatic rings. The van der Waals surface area contributed by atoms with Gasteiger partial charge in [0.2, 0.25) is 0 Å². The summed E-state index contributed by atoms with van der Waals surface area (Å²) in [5, 5.41) is 0. The third-order valence-corrected chi connectivity index (χ3v) is 12.9. The van der Waals surface area contributed by atoms with Crippen molar-refractivity contribution in [3.63, 3.8) is 0 Å². The summed E-state index contributed by atoms with van der Waals surface area (Å²) in [4.78, 5) is 38.1. The van der Waals surface area contributed by atoms with Crippen LogP contribution >= 0.6 is 0 Å². The Morgan fingerprint density at radius 1 is 0.318 bits per heavy atom. The molecule has 66 heavy (non-hydrogen) atoms. The standard InChI is InChI=1S/C60H110O6/c1-4-7-10-13-16-19-22-25-27-28-29-30-31-32-34-35-38-41-44-47-50-53-59(62)65-56-57(55-64-58(61)52-49-46-43-40-37-24-21-18-15-12-9-6-3)66-60(63)54-51-48-45-42-39-36-33-26-23-20-17-14-11-8-5-2/h8,11,17,20,26,33,57H,4-7,9-10,12-16,18-19,21-25,27-32,34-56H2,1-3H3/b11-8-,20-17-,33-26-. The van der Waals surface area contributed by atoms with Gasteiger partial charge in [0, 0.05) is 19.3 Å². The minimum atomic E-state index is -0.776. The maximum atomic E-state index is 12.8. The molecule has 0 fully saturated rings. The Kier molecular flexibility index (Phi) is 53.2. The van der Waals surface area contributed by atoms with Crippen molar-refractivity contribution in [3.05, 3.63) is 36.5 Å². The van der Waals surface area contributed by atoms with Crippen LogP contribution < -0.4 is 0 Å². The number of hydrogen-bond donors (Lipinski definition) is 0. The quantitative estimate of drug-likeness (QED) is 0.0262. The summed E-state index contributed by atoms with van der Waals surface area (Å²) < 4.78 is 16.9. The summed E-state index contributed by atoms with van der Waals surface area (Å²) in [6, 6.07) is 0. The fourth-order valence-corrected chi connectivity index (χ4v) is 8.58. The van der Waals surface area contributed by atoms with Crippen LogP contribution in [0.1, 0.15) is 310 Å². The minimum absolute atomic E-state index is 0.0745. The van der Waals surface area contributed by atoms with Gasteiger partial charge < -0.3 is 14.2 Å². The molecule has 1 atom stereocenters. The van der Waals surface area contributed by atoms with Gasteiger partial charge in [-0.2, -0.15) is 0 Å². The Balaban J connectivity index is 4.28. The topological polar surface area (TPSA) is 78.9 Å². The van der Waals surface area contributed by atoms with Gasteiger partial charge in [-0.3, -0.25) is 14.4 Å². The van der Waals surface area contributed by atoms with Crippen molar-refractivity contribution in [2.24, 2.45) is 0 Å². The summed E-state index contributed by atoms with van der Waals surface area (Å²) in [5.74, 6) is -0.874. The molecular weight excluding hydrogens is 817 g/mol. The van der Waals surface area contributed by atoms with Crippen molar-refractivity contribution in [1.82, 2.24) is 0 Å². The predicted molar refractivity (Wildman–Crippen MR) is 284 cm³/mol. The van der Waals surface area contributed by atoms with Gasteiger partial charge in [0.25, 0.3) is 0 Å². The molecule has 0 aromatic carbocycles. The highest BCUT2D eigenvalue weighted by Crippen LogP contribution is 2.17. The molecule has 0 aliphatic carbocycles. The Hall–Kier alpha value is -2.37. The lowest BCUT2D eigenvalue weighted by Gasteiger charge is -2.18. The first kappa shape index (κ1) is 63.6. The average Bonchev–Trinajstić information content (AvgIpc) is 3.31. The number of allylic oxidation sites excluding steroid dienone is 6. The van der Waals surface area contributed by atoms with Crippen molar-refractivity contribution in [1.29, 1.82) is 0 Å². The fourth-order valence-electron chi connectivity index (χ4n) is 8.58. The highest BCUT2D eigenvalue weighted by atomic mass is 16.6. The van der Waals surface area contributed by atoms with Gasteiger partial charge in [-0.1, -0.05) is 276 Å². The number of unbranched alkanes of at least 4 members (excludes halogenated alkanes) is 36. The van der Waals surface area contributed by atoms with Crippen LogP contribution in [0.3, 0.4) is 0 Å². The molecule has 0 saturated heterocycles. The van der Waals surface area contributed by atoms with Crippen LogP contribution in [-0.4, -0.2) is 37.2 Å². The molecule has 0 saturated carbocycles. The van der Waals surface area contributed by atoms with Gasteiger partial charge in [0.1, 0.15) is 13.2 Å². The van der Waals surface area contributed by atoms with Gasteiger partial charge in [-0.15, -0.1) is 0 Å². The van der Waals surface area contributed by atoms with Crippen LogP contribution in [0.5, 0.6) is 0 Å². The van der Waals surface area contributed by atoms with Crippen molar-refractivity contribution >= 4 is 17.9 Å². The van der Waals surface area contributed by atoms with Gasteiger partial charge >= 0.3 is 17.9 Å². The molecule has 0 rings (SSSR count). The molecule has 1 unspecified atom stereocenters. The second-order valence-corrected chi connectivity index (χ2v) is 19.5. The second kappa shape index (κ2) is 55.2. The van der Waals surface area contributed by atoms with Crippen LogP contribution in [0.15, 0.2) is 36.5 Å². The molecule has 0 amide bonds. The first-order chi connectivity index (χ1) is 32.5. The second-order valence-electron chi connectivity index (χ2n) is 19.5. The van der Waals surface area contributed by atoms with E-state index < -0.39 is 6.10 Å². The van der Waals surface area contributed by atoms with E-state index in [4.69, 9.17) is 14.2 Å². The maximum absolute atomic E-state index is 12.8. The predicted octanol–water partition coefficient (Wildman–Crippen LogP) is 19.3. The van der Waals surface area contributed by atoms with Crippen LogP contribution in [0.2, 0.25) is 0 Å². The van der Waals surface area contributed by atoms with Crippen LogP contribution in [-0.2, 0) is 28.6 Å². The van der Waals surface area contributed by atoms with E-state index in [2.05, 4.69) is 57.2 Å². The SMILES string of the molecule is CC/C=C\C/C=C\C/C=C\CCCCCCCC(=O)OC(COC(=O)CCCCCCCCCCCCCC)COC(=O)CCCCCCCCCCCCCCCCCCCCCCC.